The van der Waals surface area contributed by atoms with Crippen molar-refractivity contribution in [3.63, 3.8) is 0 Å². The van der Waals surface area contributed by atoms with E-state index in [-0.39, 0.29) is 22.7 Å². The van der Waals surface area contributed by atoms with Gasteiger partial charge in [0.2, 0.25) is 0 Å². The molecule has 1 aliphatic rings. The van der Waals surface area contributed by atoms with Crippen LogP contribution >= 0.6 is 0 Å². The first-order valence-corrected chi connectivity index (χ1v) is 10.2. The van der Waals surface area contributed by atoms with Crippen molar-refractivity contribution in [1.29, 1.82) is 0 Å². The fraction of sp³-hybridized carbons (Fsp3) is 0.348. The molecule has 1 aromatic heterocycles. The molecule has 6 nitrogen and oxygen atoms in total. The van der Waals surface area contributed by atoms with E-state index in [1.54, 1.807) is 12.1 Å². The fourth-order valence-electron chi connectivity index (χ4n) is 4.37. The van der Waals surface area contributed by atoms with Gasteiger partial charge in [-0.05, 0) is 40.4 Å². The first kappa shape index (κ1) is 21.9. The van der Waals surface area contributed by atoms with Crippen LogP contribution in [0.25, 0.3) is 0 Å². The van der Waals surface area contributed by atoms with Gasteiger partial charge in [-0.15, -0.1) is 0 Å². The molecule has 1 heterocycles. The number of anilines is 1. The number of rotatable bonds is 5. The van der Waals surface area contributed by atoms with Crippen LogP contribution in [0.5, 0.6) is 0 Å². The molecule has 0 spiro atoms. The molecule has 2 aromatic carbocycles. The van der Waals surface area contributed by atoms with Gasteiger partial charge in [0.1, 0.15) is 6.20 Å². The van der Waals surface area contributed by atoms with Gasteiger partial charge in [0.05, 0.1) is 0 Å². The molecule has 0 bridgehead atoms. The Morgan fingerprint density at radius 3 is 2.47 bits per heavy atom. The van der Waals surface area contributed by atoms with E-state index < -0.39 is 18.1 Å². The lowest BCUT2D eigenvalue weighted by Crippen LogP contribution is -2.40. The van der Waals surface area contributed by atoms with Crippen LogP contribution in [0.2, 0.25) is 0 Å². The fourth-order valence-corrected chi connectivity index (χ4v) is 4.37. The molecule has 3 aromatic rings. The zero-order valence-electron chi connectivity index (χ0n) is 17.8. The van der Waals surface area contributed by atoms with Crippen LogP contribution in [0.4, 0.5) is 18.9 Å². The lowest BCUT2D eigenvalue weighted by atomic mass is 9.83. The van der Waals surface area contributed by atoms with Gasteiger partial charge in [-0.3, -0.25) is 4.79 Å². The smallest absolute Gasteiger partial charge is 0.381 e. The first-order valence-electron chi connectivity index (χ1n) is 10.2. The Kier molecular flexibility index (Phi) is 5.44. The number of aromatic nitrogens is 2. The van der Waals surface area contributed by atoms with Crippen LogP contribution in [-0.4, -0.2) is 40.4 Å². The van der Waals surface area contributed by atoms with Gasteiger partial charge in [-0.2, -0.15) is 13.2 Å². The Labute approximate surface area is 183 Å². The number of alkyl halides is 3. The number of nitrogens with one attached hydrogen (secondary N) is 1. The van der Waals surface area contributed by atoms with Crippen molar-refractivity contribution in [1.82, 2.24) is 15.2 Å². The lowest BCUT2D eigenvalue weighted by molar-refractivity contribution is -0.176. The predicted molar refractivity (Wildman–Crippen MR) is 112 cm³/mol. The number of benzene rings is 2. The standard InChI is InChI=1S/C23H23F3N4O2/c1-22(2)17-7-5-4-6-15(17)12-19(22)28-16-10-8-14(9-11-16)20(23(24,25)26)30(3)21(31)18-13-27-32-29-18/h4-11,13,19-20,28H,12H2,1-3H3. The van der Waals surface area contributed by atoms with Gasteiger partial charge >= 0.3 is 6.18 Å². The minimum absolute atomic E-state index is 0.0516. The molecule has 0 saturated heterocycles. The third-order valence-electron chi connectivity index (χ3n) is 6.17. The molecule has 1 aliphatic carbocycles. The Bertz CT molecular complexity index is 1100. The highest BCUT2D eigenvalue weighted by atomic mass is 19.4. The number of hydrogen-bond acceptors (Lipinski definition) is 5. The van der Waals surface area contributed by atoms with Crippen molar-refractivity contribution >= 4 is 11.6 Å². The Morgan fingerprint density at radius 1 is 1.19 bits per heavy atom. The zero-order chi connectivity index (χ0) is 23.1. The molecular weight excluding hydrogens is 421 g/mol. The molecule has 2 atom stereocenters. The summed E-state index contributed by atoms with van der Waals surface area (Å²) in [5.41, 5.74) is 2.80. The second-order valence-electron chi connectivity index (χ2n) is 8.55. The third kappa shape index (κ3) is 3.94. The van der Waals surface area contributed by atoms with E-state index in [0.717, 1.165) is 25.4 Å². The summed E-state index contributed by atoms with van der Waals surface area (Å²) in [5, 5.41) is 10.1. The number of halogens is 3. The summed E-state index contributed by atoms with van der Waals surface area (Å²) < 4.78 is 46.0. The van der Waals surface area contributed by atoms with Gasteiger partial charge in [0.25, 0.3) is 5.91 Å². The highest BCUT2D eigenvalue weighted by Gasteiger charge is 2.46. The summed E-state index contributed by atoms with van der Waals surface area (Å²) in [6.07, 6.45) is -2.86. The monoisotopic (exact) mass is 444 g/mol. The molecule has 9 heteroatoms. The maximum Gasteiger partial charge on any atom is 0.413 e. The number of fused-ring (bicyclic) bond motifs is 1. The lowest BCUT2D eigenvalue weighted by Gasteiger charge is -2.31. The third-order valence-corrected chi connectivity index (χ3v) is 6.17. The number of carbonyl (C=O) groups is 1. The van der Waals surface area contributed by atoms with Crippen LogP contribution in [0.15, 0.2) is 59.4 Å². The second kappa shape index (κ2) is 7.96. The molecular formula is C23H23F3N4O2. The van der Waals surface area contributed by atoms with Crippen molar-refractivity contribution < 1.29 is 22.6 Å². The molecule has 32 heavy (non-hydrogen) atoms. The van der Waals surface area contributed by atoms with Gasteiger partial charge in [-0.25, -0.2) is 4.63 Å². The molecule has 1 amide bonds. The molecule has 0 radical (unpaired) electrons. The maximum atomic E-state index is 13.9. The van der Waals surface area contributed by atoms with E-state index in [9.17, 15) is 18.0 Å². The summed E-state index contributed by atoms with van der Waals surface area (Å²) in [5.74, 6) is -0.929. The van der Waals surface area contributed by atoms with E-state index in [1.807, 2.05) is 12.1 Å². The van der Waals surface area contributed by atoms with Crippen molar-refractivity contribution in [2.45, 2.75) is 43.9 Å². The molecule has 4 rings (SSSR count). The van der Waals surface area contributed by atoms with E-state index in [1.165, 1.54) is 23.3 Å². The largest absolute Gasteiger partial charge is 0.413 e. The van der Waals surface area contributed by atoms with E-state index in [4.69, 9.17) is 0 Å². The van der Waals surface area contributed by atoms with Crippen molar-refractivity contribution in [3.8, 4) is 0 Å². The average Bonchev–Trinajstić information content (AvgIpc) is 3.35. The van der Waals surface area contributed by atoms with Gasteiger partial charge in [0.15, 0.2) is 11.7 Å². The number of hydrogen-bond donors (Lipinski definition) is 1. The van der Waals surface area contributed by atoms with E-state index >= 15 is 0 Å². The van der Waals surface area contributed by atoms with E-state index in [2.05, 4.69) is 46.2 Å². The quantitative estimate of drug-likeness (QED) is 0.615. The number of nitrogens with zero attached hydrogens (tertiary/aromatic N) is 3. The molecule has 1 N–H and O–H groups in total. The molecule has 0 saturated carbocycles. The number of amides is 1. The molecule has 0 fully saturated rings. The van der Waals surface area contributed by atoms with Crippen molar-refractivity contribution in [3.05, 3.63) is 77.1 Å². The summed E-state index contributed by atoms with van der Waals surface area (Å²) in [7, 11) is 1.08. The maximum absolute atomic E-state index is 13.9. The first-order chi connectivity index (χ1) is 15.1. The summed E-state index contributed by atoms with van der Waals surface area (Å²) >= 11 is 0. The molecule has 0 aliphatic heterocycles. The highest BCUT2D eigenvalue weighted by Crippen LogP contribution is 2.41. The van der Waals surface area contributed by atoms with Crippen molar-refractivity contribution in [2.75, 3.05) is 12.4 Å². The van der Waals surface area contributed by atoms with Crippen LogP contribution < -0.4 is 5.32 Å². The van der Waals surface area contributed by atoms with Gasteiger partial charge in [-0.1, -0.05) is 55.4 Å². The average molecular weight is 444 g/mol. The van der Waals surface area contributed by atoms with Gasteiger partial charge in [0, 0.05) is 24.2 Å². The predicted octanol–water partition coefficient (Wildman–Crippen LogP) is 4.76. The van der Waals surface area contributed by atoms with Gasteiger partial charge < -0.3 is 10.2 Å². The van der Waals surface area contributed by atoms with Crippen LogP contribution in [0.1, 0.15) is 47.1 Å². The minimum Gasteiger partial charge on any atom is -0.381 e. The van der Waals surface area contributed by atoms with Crippen molar-refractivity contribution in [2.24, 2.45) is 0 Å². The zero-order valence-corrected chi connectivity index (χ0v) is 17.8. The Balaban J connectivity index is 1.55. The highest BCUT2D eigenvalue weighted by molar-refractivity contribution is 5.92. The minimum atomic E-state index is -4.67. The van der Waals surface area contributed by atoms with Crippen LogP contribution in [0.3, 0.4) is 0 Å². The second-order valence-corrected chi connectivity index (χ2v) is 8.55. The summed E-state index contributed by atoms with van der Waals surface area (Å²) in [6.45, 7) is 4.31. The summed E-state index contributed by atoms with van der Waals surface area (Å²) in [6, 6.07) is 12.2. The SMILES string of the molecule is CN(C(=O)c1cnon1)C(c1ccc(NC2Cc3ccccc3C2(C)C)cc1)C(F)(F)F. The summed E-state index contributed by atoms with van der Waals surface area (Å²) in [4.78, 5) is 13.0. The normalized spacial score (nSPS) is 18.1. The Morgan fingerprint density at radius 2 is 1.88 bits per heavy atom. The van der Waals surface area contributed by atoms with Crippen LogP contribution in [-0.2, 0) is 11.8 Å². The topological polar surface area (TPSA) is 71.3 Å². The number of carbonyl (C=O) groups excluding carboxylic acids is 1. The Hall–Kier alpha value is -3.36. The van der Waals surface area contributed by atoms with Crippen LogP contribution in [0, 0.1) is 0 Å². The molecule has 2 unspecified atom stereocenters. The molecule has 168 valence electrons. The van der Waals surface area contributed by atoms with E-state index in [0.29, 0.717) is 4.90 Å².